The first-order valence-corrected chi connectivity index (χ1v) is 4.03. The van der Waals surface area contributed by atoms with E-state index in [0.717, 1.165) is 8.85 Å². The highest BCUT2D eigenvalue weighted by Crippen LogP contribution is 2.27. The highest BCUT2D eigenvalue weighted by molar-refractivity contribution is 9.11. The molecule has 0 bridgehead atoms. The Kier molecular flexibility index (Phi) is 2.50. The van der Waals surface area contributed by atoms with Crippen LogP contribution in [0.3, 0.4) is 0 Å². The summed E-state index contributed by atoms with van der Waals surface area (Å²) in [5.74, 6) is 0. The maximum absolute atomic E-state index is 4.97. The van der Waals surface area contributed by atoms with Crippen molar-refractivity contribution in [1.82, 2.24) is 5.48 Å². The van der Waals surface area contributed by atoms with Gasteiger partial charge in [0.25, 0.3) is 0 Å². The van der Waals surface area contributed by atoms with Crippen molar-refractivity contribution in [3.05, 3.63) is 15.9 Å². The molecule has 0 unspecified atom stereocenters. The van der Waals surface area contributed by atoms with Gasteiger partial charge in [-0.15, -0.1) is 0 Å². The molecule has 1 heterocycles. The molecule has 4 heteroatoms. The molecule has 50 valence electrons. The Hall–Kier alpha value is -0.0600. The Morgan fingerprint density at radius 2 is 2.44 bits per heavy atom. The monoisotopic (exact) mass is 207 g/mol. The summed E-state index contributed by atoms with van der Waals surface area (Å²) in [5, 5.41) is 0.865. The lowest BCUT2D eigenvalue weighted by molar-refractivity contribution is 0.231. The highest BCUT2D eigenvalue weighted by atomic mass is 79.9. The molecule has 0 amide bonds. The van der Waals surface area contributed by atoms with Gasteiger partial charge in [0.1, 0.15) is 0 Å². The van der Waals surface area contributed by atoms with Crippen LogP contribution in [0.4, 0.5) is 0 Å². The van der Waals surface area contributed by atoms with Crippen LogP contribution in [0.25, 0.3) is 0 Å². The van der Waals surface area contributed by atoms with Gasteiger partial charge in [-0.25, -0.2) is 0 Å². The Bertz CT molecular complexity index is 189. The van der Waals surface area contributed by atoms with Gasteiger partial charge >= 0.3 is 0 Å². The normalized spacial score (nSPS) is 9.56. The summed E-state index contributed by atoms with van der Waals surface area (Å²) in [5.41, 5.74) is 2.59. The first-order valence-electron chi connectivity index (χ1n) is 2.42. The van der Waals surface area contributed by atoms with Crippen LogP contribution in [0.2, 0.25) is 0 Å². The SMILES string of the molecule is CNOc1ccc(Br)s1. The summed E-state index contributed by atoms with van der Waals surface area (Å²) in [6.07, 6.45) is 0. The molecule has 0 atom stereocenters. The molecule has 9 heavy (non-hydrogen) atoms. The van der Waals surface area contributed by atoms with Crippen LogP contribution in [-0.4, -0.2) is 7.05 Å². The molecular weight excluding hydrogens is 202 g/mol. The predicted octanol–water partition coefficient (Wildman–Crippen LogP) is 2.02. The fraction of sp³-hybridized carbons (Fsp3) is 0.200. The van der Waals surface area contributed by atoms with Crippen LogP contribution in [0.5, 0.6) is 5.06 Å². The minimum Gasteiger partial charge on any atom is -0.398 e. The van der Waals surface area contributed by atoms with Gasteiger partial charge in [-0.1, -0.05) is 11.3 Å². The molecule has 1 aromatic rings. The number of hydrogen-bond acceptors (Lipinski definition) is 3. The van der Waals surface area contributed by atoms with Crippen molar-refractivity contribution in [1.29, 1.82) is 0 Å². The molecule has 0 aliphatic carbocycles. The topological polar surface area (TPSA) is 21.3 Å². The van der Waals surface area contributed by atoms with Crippen LogP contribution in [0.15, 0.2) is 15.9 Å². The second-order valence-electron chi connectivity index (χ2n) is 1.36. The molecule has 0 aliphatic heterocycles. The van der Waals surface area contributed by atoms with Crippen molar-refractivity contribution in [2.75, 3.05) is 7.05 Å². The van der Waals surface area contributed by atoms with Crippen molar-refractivity contribution < 1.29 is 4.84 Å². The van der Waals surface area contributed by atoms with E-state index in [2.05, 4.69) is 21.4 Å². The molecule has 0 aliphatic rings. The van der Waals surface area contributed by atoms with Gasteiger partial charge in [-0.2, -0.15) is 5.48 Å². The van der Waals surface area contributed by atoms with Gasteiger partial charge in [0.2, 0.25) is 5.06 Å². The number of thiophene rings is 1. The Morgan fingerprint density at radius 1 is 1.67 bits per heavy atom. The fourth-order valence-corrected chi connectivity index (χ4v) is 1.65. The Morgan fingerprint density at radius 3 is 2.89 bits per heavy atom. The lowest BCUT2D eigenvalue weighted by Crippen LogP contribution is -2.09. The van der Waals surface area contributed by atoms with Gasteiger partial charge in [0.05, 0.1) is 3.79 Å². The van der Waals surface area contributed by atoms with Crippen molar-refractivity contribution in [2.24, 2.45) is 0 Å². The first kappa shape index (κ1) is 7.05. The van der Waals surface area contributed by atoms with Crippen LogP contribution in [0.1, 0.15) is 0 Å². The van der Waals surface area contributed by atoms with E-state index in [-0.39, 0.29) is 0 Å². The first-order chi connectivity index (χ1) is 4.33. The fourth-order valence-electron chi connectivity index (χ4n) is 0.453. The van der Waals surface area contributed by atoms with E-state index in [1.807, 2.05) is 12.1 Å². The molecule has 0 spiro atoms. The summed E-state index contributed by atoms with van der Waals surface area (Å²) in [7, 11) is 1.73. The average Bonchev–Trinajstić information content (AvgIpc) is 2.17. The van der Waals surface area contributed by atoms with E-state index < -0.39 is 0 Å². The van der Waals surface area contributed by atoms with Gasteiger partial charge in [-0.3, -0.25) is 0 Å². The third-order valence-electron chi connectivity index (χ3n) is 0.751. The maximum atomic E-state index is 4.97. The molecule has 1 rings (SSSR count). The van der Waals surface area contributed by atoms with Crippen LogP contribution in [0, 0.1) is 0 Å². The van der Waals surface area contributed by atoms with Gasteiger partial charge < -0.3 is 4.84 Å². The summed E-state index contributed by atoms with van der Waals surface area (Å²) in [6, 6.07) is 3.84. The largest absolute Gasteiger partial charge is 0.398 e. The predicted molar refractivity (Wildman–Crippen MR) is 41.7 cm³/mol. The standard InChI is InChI=1S/C5H6BrNOS/c1-7-8-5-3-2-4(6)9-5/h2-3,7H,1H3. The Labute approximate surface area is 65.9 Å². The van der Waals surface area contributed by atoms with Crippen molar-refractivity contribution in [3.63, 3.8) is 0 Å². The molecule has 0 saturated heterocycles. The molecular formula is C5H6BrNOS. The van der Waals surface area contributed by atoms with E-state index in [1.165, 1.54) is 0 Å². The quantitative estimate of drug-likeness (QED) is 0.750. The second-order valence-corrected chi connectivity index (χ2v) is 3.79. The lowest BCUT2D eigenvalue weighted by Gasteiger charge is -1.94. The summed E-state index contributed by atoms with van der Waals surface area (Å²) in [4.78, 5) is 4.97. The number of hydroxylamine groups is 1. The Balaban J connectivity index is 2.61. The minimum absolute atomic E-state index is 0.865. The molecule has 0 fully saturated rings. The van der Waals surface area contributed by atoms with Gasteiger partial charge in [0.15, 0.2) is 0 Å². The molecule has 1 N–H and O–H groups in total. The van der Waals surface area contributed by atoms with Crippen molar-refractivity contribution in [3.8, 4) is 5.06 Å². The van der Waals surface area contributed by atoms with Crippen molar-refractivity contribution in [2.45, 2.75) is 0 Å². The van der Waals surface area contributed by atoms with E-state index in [1.54, 1.807) is 18.4 Å². The van der Waals surface area contributed by atoms with E-state index in [4.69, 9.17) is 4.84 Å². The molecule has 0 saturated carbocycles. The molecule has 2 nitrogen and oxygen atoms in total. The van der Waals surface area contributed by atoms with Crippen LogP contribution < -0.4 is 10.3 Å². The third kappa shape index (κ3) is 1.97. The number of rotatable bonds is 2. The molecule has 1 aromatic heterocycles. The summed E-state index contributed by atoms with van der Waals surface area (Å²) in [6.45, 7) is 0. The minimum atomic E-state index is 0.865. The van der Waals surface area contributed by atoms with E-state index in [0.29, 0.717) is 0 Å². The second kappa shape index (κ2) is 3.20. The zero-order valence-corrected chi connectivity index (χ0v) is 7.25. The van der Waals surface area contributed by atoms with Crippen LogP contribution in [-0.2, 0) is 0 Å². The highest BCUT2D eigenvalue weighted by Gasteiger charge is 1.94. The van der Waals surface area contributed by atoms with Crippen molar-refractivity contribution >= 4 is 27.3 Å². The van der Waals surface area contributed by atoms with E-state index >= 15 is 0 Å². The van der Waals surface area contributed by atoms with Gasteiger partial charge in [0, 0.05) is 7.05 Å². The smallest absolute Gasteiger partial charge is 0.201 e. The third-order valence-corrected chi connectivity index (χ3v) is 2.25. The maximum Gasteiger partial charge on any atom is 0.201 e. The lowest BCUT2D eigenvalue weighted by atomic mass is 10.7. The van der Waals surface area contributed by atoms with Gasteiger partial charge in [-0.05, 0) is 28.1 Å². The molecule has 0 aromatic carbocycles. The number of nitrogens with one attached hydrogen (secondary N) is 1. The number of halogens is 1. The van der Waals surface area contributed by atoms with Crippen LogP contribution >= 0.6 is 27.3 Å². The van der Waals surface area contributed by atoms with E-state index in [9.17, 15) is 0 Å². The summed E-state index contributed by atoms with van der Waals surface area (Å²) >= 11 is 4.86. The summed E-state index contributed by atoms with van der Waals surface area (Å²) < 4.78 is 1.08. The zero-order valence-electron chi connectivity index (χ0n) is 4.85. The number of hydrogen-bond donors (Lipinski definition) is 1. The molecule has 0 radical (unpaired) electrons. The average molecular weight is 208 g/mol. The zero-order chi connectivity index (χ0) is 6.69.